The van der Waals surface area contributed by atoms with E-state index in [1.807, 2.05) is 45.0 Å². The van der Waals surface area contributed by atoms with Gasteiger partial charge >= 0.3 is 6.09 Å². The Hall–Kier alpha value is -2.54. The van der Waals surface area contributed by atoms with Crippen molar-refractivity contribution in [2.45, 2.75) is 37.2 Å². The number of methoxy groups -OCH3 is 1. The Morgan fingerprint density at radius 2 is 1.92 bits per heavy atom. The van der Waals surface area contributed by atoms with Gasteiger partial charge in [0.2, 0.25) is 0 Å². The van der Waals surface area contributed by atoms with Gasteiger partial charge in [0.15, 0.2) is 5.65 Å². The van der Waals surface area contributed by atoms with Crippen molar-refractivity contribution >= 4 is 29.0 Å². The Balaban J connectivity index is 1.72. The molecule has 0 aliphatic heterocycles. The Bertz CT molecular complexity index is 914. The third-order valence-corrected chi connectivity index (χ3v) is 4.47. The molecule has 1 aromatic carbocycles. The number of nitrogens with zero attached hydrogens (tertiary/aromatic N) is 3. The zero-order chi connectivity index (χ0) is 18.7. The predicted molar refractivity (Wildman–Crippen MR) is 102 cm³/mol. The lowest BCUT2D eigenvalue weighted by Gasteiger charge is -2.19. The molecule has 3 aromatic rings. The van der Waals surface area contributed by atoms with Crippen molar-refractivity contribution in [3.05, 3.63) is 48.3 Å². The summed E-state index contributed by atoms with van der Waals surface area (Å²) >= 11 is 1.59. The van der Waals surface area contributed by atoms with Crippen molar-refractivity contribution < 1.29 is 14.3 Å². The maximum Gasteiger partial charge on any atom is 0.420 e. The molecule has 0 radical (unpaired) electrons. The number of carbonyl (C=O) groups is 1. The zero-order valence-electron chi connectivity index (χ0n) is 15.2. The highest BCUT2D eigenvalue weighted by Crippen LogP contribution is 2.24. The van der Waals surface area contributed by atoms with Crippen molar-refractivity contribution in [1.82, 2.24) is 14.5 Å². The molecule has 7 heteroatoms. The molecule has 0 bridgehead atoms. The predicted octanol–water partition coefficient (Wildman–Crippen LogP) is 4.52. The number of carbonyl (C=O) groups excluding carboxylic acids is 1. The summed E-state index contributed by atoms with van der Waals surface area (Å²) in [6.45, 7) is 5.49. The average molecular weight is 371 g/mol. The number of thioether (sulfide) groups is 1. The largest absolute Gasteiger partial charge is 0.497 e. The molecule has 0 N–H and O–H groups in total. The summed E-state index contributed by atoms with van der Waals surface area (Å²) in [5, 5.41) is 0.801. The van der Waals surface area contributed by atoms with Gasteiger partial charge in [0, 0.05) is 11.9 Å². The second-order valence-corrected chi connectivity index (χ2v) is 7.72. The summed E-state index contributed by atoms with van der Waals surface area (Å²) in [7, 11) is 1.65. The van der Waals surface area contributed by atoms with Crippen molar-refractivity contribution in [2.24, 2.45) is 0 Å². The first-order valence-corrected chi connectivity index (χ1v) is 9.17. The molecule has 0 unspecified atom stereocenters. The first-order valence-electron chi connectivity index (χ1n) is 8.19. The van der Waals surface area contributed by atoms with Gasteiger partial charge in [-0.3, -0.25) is 0 Å². The molecular weight excluding hydrogens is 350 g/mol. The van der Waals surface area contributed by atoms with Crippen LogP contribution in [0.5, 0.6) is 5.75 Å². The molecule has 0 aliphatic carbocycles. The molecule has 0 fully saturated rings. The summed E-state index contributed by atoms with van der Waals surface area (Å²) in [4.78, 5) is 21.2. The second-order valence-electron chi connectivity index (χ2n) is 6.72. The van der Waals surface area contributed by atoms with Crippen LogP contribution in [0.4, 0.5) is 4.79 Å². The minimum Gasteiger partial charge on any atom is -0.497 e. The van der Waals surface area contributed by atoms with Crippen molar-refractivity contribution in [1.29, 1.82) is 0 Å². The molecule has 0 amide bonds. The van der Waals surface area contributed by atoms with E-state index in [4.69, 9.17) is 9.47 Å². The quantitative estimate of drug-likeness (QED) is 0.629. The van der Waals surface area contributed by atoms with Gasteiger partial charge in [-0.05, 0) is 44.5 Å². The van der Waals surface area contributed by atoms with Crippen LogP contribution in [0, 0.1) is 0 Å². The second kappa shape index (κ2) is 7.37. The monoisotopic (exact) mass is 371 g/mol. The summed E-state index contributed by atoms with van der Waals surface area (Å²) in [6, 6.07) is 9.69. The number of ether oxygens (including phenoxy) is 2. The highest BCUT2D eigenvalue weighted by molar-refractivity contribution is 7.98. The average Bonchev–Trinajstić information content (AvgIpc) is 3.02. The van der Waals surface area contributed by atoms with E-state index in [1.165, 1.54) is 10.1 Å². The number of hydrogen-bond acceptors (Lipinski definition) is 6. The molecule has 136 valence electrons. The van der Waals surface area contributed by atoms with Crippen LogP contribution >= 0.6 is 11.8 Å². The number of rotatable bonds is 4. The molecule has 0 aliphatic rings. The molecule has 0 spiro atoms. The normalized spacial score (nSPS) is 11.5. The van der Waals surface area contributed by atoms with Crippen molar-refractivity contribution in [3.63, 3.8) is 0 Å². The van der Waals surface area contributed by atoms with Gasteiger partial charge in [-0.25, -0.2) is 19.3 Å². The fourth-order valence-electron chi connectivity index (χ4n) is 2.30. The first-order chi connectivity index (χ1) is 12.4. The molecule has 2 aromatic heterocycles. The third-order valence-electron chi connectivity index (χ3n) is 3.50. The van der Waals surface area contributed by atoms with Crippen LogP contribution in [-0.4, -0.2) is 33.3 Å². The third kappa shape index (κ3) is 4.35. The van der Waals surface area contributed by atoms with Crippen LogP contribution in [0.15, 0.2) is 47.8 Å². The van der Waals surface area contributed by atoms with Crippen LogP contribution in [0.25, 0.3) is 11.2 Å². The van der Waals surface area contributed by atoms with Crippen LogP contribution in [0.1, 0.15) is 26.3 Å². The molecule has 26 heavy (non-hydrogen) atoms. The minimum atomic E-state index is -0.560. The van der Waals surface area contributed by atoms with E-state index >= 15 is 0 Å². The van der Waals surface area contributed by atoms with Crippen molar-refractivity contribution in [3.8, 4) is 5.75 Å². The van der Waals surface area contributed by atoms with E-state index in [-0.39, 0.29) is 0 Å². The number of fused-ring (bicyclic) bond motifs is 1. The summed E-state index contributed by atoms with van der Waals surface area (Å²) in [5.41, 5.74) is 1.77. The van der Waals surface area contributed by atoms with Gasteiger partial charge in [0.25, 0.3) is 0 Å². The SMILES string of the molecule is COc1ccc(CSc2cnc3c(ccn3C(=O)OC(C)(C)C)n2)cc1. The zero-order valence-corrected chi connectivity index (χ0v) is 16.0. The fourth-order valence-corrected chi connectivity index (χ4v) is 3.10. The van der Waals surface area contributed by atoms with Crippen LogP contribution < -0.4 is 4.74 Å². The van der Waals surface area contributed by atoms with Crippen LogP contribution in [0.2, 0.25) is 0 Å². The van der Waals surface area contributed by atoms with Crippen LogP contribution in [-0.2, 0) is 10.5 Å². The van der Waals surface area contributed by atoms with Gasteiger partial charge in [-0.15, -0.1) is 11.8 Å². The number of aromatic nitrogens is 3. The maximum absolute atomic E-state index is 12.2. The summed E-state index contributed by atoms with van der Waals surface area (Å²) < 4.78 is 11.9. The van der Waals surface area contributed by atoms with E-state index in [0.717, 1.165) is 16.5 Å². The molecule has 3 rings (SSSR count). The maximum atomic E-state index is 12.2. The van der Waals surface area contributed by atoms with E-state index in [9.17, 15) is 4.79 Å². The highest BCUT2D eigenvalue weighted by Gasteiger charge is 2.20. The topological polar surface area (TPSA) is 66.2 Å². The van der Waals surface area contributed by atoms with E-state index in [0.29, 0.717) is 11.2 Å². The fraction of sp³-hybridized carbons (Fsp3) is 0.316. The molecule has 6 nitrogen and oxygen atoms in total. The Morgan fingerprint density at radius 3 is 2.58 bits per heavy atom. The van der Waals surface area contributed by atoms with Crippen molar-refractivity contribution in [2.75, 3.05) is 7.11 Å². The molecular formula is C19H21N3O3S. The van der Waals surface area contributed by atoms with E-state index in [2.05, 4.69) is 9.97 Å². The van der Waals surface area contributed by atoms with Crippen LogP contribution in [0.3, 0.4) is 0 Å². The van der Waals surface area contributed by atoms with Gasteiger partial charge in [-0.2, -0.15) is 0 Å². The van der Waals surface area contributed by atoms with Gasteiger partial charge < -0.3 is 9.47 Å². The van der Waals surface area contributed by atoms with E-state index < -0.39 is 11.7 Å². The molecule has 0 saturated heterocycles. The Labute approximate surface area is 156 Å². The summed E-state index contributed by atoms with van der Waals surface area (Å²) in [6.07, 6.45) is 2.86. The minimum absolute atomic E-state index is 0.458. The van der Waals surface area contributed by atoms with Gasteiger partial charge in [0.05, 0.1) is 13.3 Å². The van der Waals surface area contributed by atoms with Gasteiger partial charge in [0.1, 0.15) is 21.9 Å². The van der Waals surface area contributed by atoms with E-state index in [1.54, 1.807) is 37.3 Å². The molecule has 2 heterocycles. The highest BCUT2D eigenvalue weighted by atomic mass is 32.2. The first kappa shape index (κ1) is 18.3. The standard InChI is InChI=1S/C19H21N3O3S/c1-19(2,3)25-18(23)22-10-9-15-17(22)20-11-16(21-15)26-12-13-5-7-14(24-4)8-6-13/h5-11H,12H2,1-4H3. The lowest BCUT2D eigenvalue weighted by Crippen LogP contribution is -2.26. The number of hydrogen-bond donors (Lipinski definition) is 0. The molecule has 0 saturated carbocycles. The lowest BCUT2D eigenvalue weighted by molar-refractivity contribution is 0.0543. The molecule has 0 atom stereocenters. The number of benzene rings is 1. The lowest BCUT2D eigenvalue weighted by atomic mass is 10.2. The smallest absolute Gasteiger partial charge is 0.420 e. The van der Waals surface area contributed by atoms with Gasteiger partial charge in [-0.1, -0.05) is 12.1 Å². The Kier molecular flexibility index (Phi) is 5.18. The Morgan fingerprint density at radius 1 is 1.19 bits per heavy atom. The summed E-state index contributed by atoms with van der Waals surface area (Å²) in [5.74, 6) is 1.61.